The number of halogens is 1. The molecule has 0 aliphatic rings. The molecule has 1 aromatic carbocycles. The van der Waals surface area contributed by atoms with E-state index in [0.29, 0.717) is 17.5 Å². The second kappa shape index (κ2) is 4.75. The van der Waals surface area contributed by atoms with Crippen LogP contribution < -0.4 is 4.74 Å². The lowest BCUT2D eigenvalue weighted by Gasteiger charge is -2.05. The van der Waals surface area contributed by atoms with E-state index >= 15 is 0 Å². The number of Topliss-reactive ketones (excluding diaryl/α,β-unsaturated/α-hetero) is 1. The van der Waals surface area contributed by atoms with Gasteiger partial charge in [-0.15, -0.1) is 0 Å². The molecule has 0 fully saturated rings. The molecule has 0 unspecified atom stereocenters. The van der Waals surface area contributed by atoms with Crippen molar-refractivity contribution in [3.63, 3.8) is 0 Å². The van der Waals surface area contributed by atoms with Crippen molar-refractivity contribution in [1.82, 2.24) is 9.78 Å². The molecule has 0 saturated heterocycles. The molecule has 0 radical (unpaired) electrons. The van der Waals surface area contributed by atoms with Crippen LogP contribution in [0.25, 0.3) is 10.9 Å². The van der Waals surface area contributed by atoms with Crippen molar-refractivity contribution in [2.75, 3.05) is 6.61 Å². The summed E-state index contributed by atoms with van der Waals surface area (Å²) >= 11 is 5.91. The van der Waals surface area contributed by atoms with Gasteiger partial charge >= 0.3 is 0 Å². The molecule has 0 atom stereocenters. The number of ketones is 1. The predicted octanol–water partition coefficient (Wildman–Crippen LogP) is 2.68. The number of carbonyl (C=O) groups is 1. The molecule has 4 nitrogen and oxygen atoms in total. The summed E-state index contributed by atoms with van der Waals surface area (Å²) in [5.74, 6) is 0.652. The van der Waals surface area contributed by atoms with Crippen molar-refractivity contribution in [1.29, 1.82) is 0 Å². The Morgan fingerprint density at radius 3 is 2.94 bits per heavy atom. The van der Waals surface area contributed by atoms with Crippen LogP contribution in [0, 0.1) is 0 Å². The van der Waals surface area contributed by atoms with Crippen molar-refractivity contribution < 1.29 is 9.53 Å². The first-order valence-electron chi connectivity index (χ1n) is 5.40. The highest BCUT2D eigenvalue weighted by Gasteiger charge is 2.13. The van der Waals surface area contributed by atoms with E-state index in [-0.39, 0.29) is 12.3 Å². The van der Waals surface area contributed by atoms with Crippen LogP contribution in [0.2, 0.25) is 5.02 Å². The largest absolute Gasteiger partial charge is 0.478 e. The number of benzene rings is 1. The molecular formula is C12H13ClN2O2. The maximum absolute atomic E-state index is 11.2. The Morgan fingerprint density at radius 2 is 2.29 bits per heavy atom. The smallest absolute Gasteiger partial charge is 0.220 e. The molecule has 0 N–H and O–H groups in total. The maximum Gasteiger partial charge on any atom is 0.220 e. The van der Waals surface area contributed by atoms with E-state index < -0.39 is 0 Å². The zero-order valence-corrected chi connectivity index (χ0v) is 10.5. The number of ether oxygens (including phenoxy) is 1. The summed E-state index contributed by atoms with van der Waals surface area (Å²) in [6.45, 7) is 4.16. The minimum Gasteiger partial charge on any atom is -0.478 e. The van der Waals surface area contributed by atoms with Gasteiger partial charge in [-0.2, -0.15) is 5.10 Å². The van der Waals surface area contributed by atoms with Crippen LogP contribution in [0.15, 0.2) is 18.2 Å². The molecule has 17 heavy (non-hydrogen) atoms. The third-order valence-corrected chi connectivity index (χ3v) is 2.54. The lowest BCUT2D eigenvalue weighted by molar-refractivity contribution is -0.117. The minimum atomic E-state index is 0.0323. The Hall–Kier alpha value is -1.55. The van der Waals surface area contributed by atoms with Crippen LogP contribution in [0.5, 0.6) is 5.88 Å². The highest BCUT2D eigenvalue weighted by atomic mass is 35.5. The zero-order valence-electron chi connectivity index (χ0n) is 9.74. The number of rotatable bonds is 4. The Morgan fingerprint density at radius 1 is 1.53 bits per heavy atom. The molecular weight excluding hydrogens is 240 g/mol. The van der Waals surface area contributed by atoms with Crippen LogP contribution in [-0.4, -0.2) is 22.2 Å². The van der Waals surface area contributed by atoms with Crippen LogP contribution in [-0.2, 0) is 11.3 Å². The van der Waals surface area contributed by atoms with E-state index in [1.807, 2.05) is 13.0 Å². The van der Waals surface area contributed by atoms with Gasteiger partial charge in [0, 0.05) is 5.02 Å². The molecule has 0 aliphatic carbocycles. The molecule has 0 amide bonds. The van der Waals surface area contributed by atoms with E-state index in [1.165, 1.54) is 6.92 Å². The molecule has 2 rings (SSSR count). The summed E-state index contributed by atoms with van der Waals surface area (Å²) in [5, 5.41) is 5.81. The highest BCUT2D eigenvalue weighted by Crippen LogP contribution is 2.27. The molecule has 0 saturated carbocycles. The minimum absolute atomic E-state index is 0.0323. The first kappa shape index (κ1) is 11.9. The van der Waals surface area contributed by atoms with Crippen molar-refractivity contribution >= 4 is 28.3 Å². The molecule has 0 aliphatic heterocycles. The van der Waals surface area contributed by atoms with Gasteiger partial charge in [0.25, 0.3) is 0 Å². The van der Waals surface area contributed by atoms with Gasteiger partial charge in [0.2, 0.25) is 5.88 Å². The molecule has 0 bridgehead atoms. The van der Waals surface area contributed by atoms with Crippen molar-refractivity contribution in [2.24, 2.45) is 0 Å². The summed E-state index contributed by atoms with van der Waals surface area (Å²) in [4.78, 5) is 11.2. The fraction of sp³-hybridized carbons (Fsp3) is 0.333. The second-order valence-corrected chi connectivity index (χ2v) is 4.20. The number of nitrogens with zero attached hydrogens (tertiary/aromatic N) is 2. The number of carbonyl (C=O) groups excluding carboxylic acids is 1. The van der Waals surface area contributed by atoms with Gasteiger partial charge in [-0.05, 0) is 32.0 Å². The molecule has 1 aromatic heterocycles. The van der Waals surface area contributed by atoms with Gasteiger partial charge in [0.15, 0.2) is 5.78 Å². The van der Waals surface area contributed by atoms with Crippen molar-refractivity contribution in [2.45, 2.75) is 20.4 Å². The SMILES string of the molecule is CCOc1c2ccc(Cl)cc2nn1CC(C)=O. The quantitative estimate of drug-likeness (QED) is 0.840. The third-order valence-electron chi connectivity index (χ3n) is 2.31. The van der Waals surface area contributed by atoms with Crippen molar-refractivity contribution in [3.8, 4) is 5.88 Å². The van der Waals surface area contributed by atoms with Gasteiger partial charge in [0.1, 0.15) is 6.54 Å². The normalized spacial score (nSPS) is 10.8. The third kappa shape index (κ3) is 2.42. The van der Waals surface area contributed by atoms with Gasteiger partial charge in [-0.25, -0.2) is 4.68 Å². The van der Waals surface area contributed by atoms with Crippen molar-refractivity contribution in [3.05, 3.63) is 23.2 Å². The van der Waals surface area contributed by atoms with E-state index in [4.69, 9.17) is 16.3 Å². The Labute approximate surface area is 104 Å². The Kier molecular flexibility index (Phi) is 3.33. The fourth-order valence-corrected chi connectivity index (χ4v) is 1.86. The number of aromatic nitrogens is 2. The van der Waals surface area contributed by atoms with E-state index in [0.717, 1.165) is 10.9 Å². The molecule has 2 aromatic rings. The number of hydrogen-bond donors (Lipinski definition) is 0. The molecule has 1 heterocycles. The molecule has 90 valence electrons. The van der Waals surface area contributed by atoms with Crippen LogP contribution in [0.4, 0.5) is 0 Å². The predicted molar refractivity (Wildman–Crippen MR) is 66.6 cm³/mol. The van der Waals surface area contributed by atoms with Crippen LogP contribution in [0.1, 0.15) is 13.8 Å². The molecule has 5 heteroatoms. The summed E-state index contributed by atoms with van der Waals surface area (Å²) in [5.41, 5.74) is 0.738. The van der Waals surface area contributed by atoms with E-state index in [2.05, 4.69) is 5.10 Å². The number of hydrogen-bond acceptors (Lipinski definition) is 3. The fourth-order valence-electron chi connectivity index (χ4n) is 1.69. The maximum atomic E-state index is 11.2. The van der Waals surface area contributed by atoms with Gasteiger partial charge in [-0.1, -0.05) is 11.6 Å². The van der Waals surface area contributed by atoms with Crippen LogP contribution in [0.3, 0.4) is 0 Å². The standard InChI is InChI=1S/C12H13ClN2O2/c1-3-17-12-10-5-4-9(13)6-11(10)14-15(12)7-8(2)16/h4-6H,3,7H2,1-2H3. The lowest BCUT2D eigenvalue weighted by atomic mass is 10.2. The van der Waals surface area contributed by atoms with Gasteiger partial charge in [-0.3, -0.25) is 4.79 Å². The highest BCUT2D eigenvalue weighted by molar-refractivity contribution is 6.31. The monoisotopic (exact) mass is 252 g/mol. The Bertz CT molecular complexity index is 563. The zero-order chi connectivity index (χ0) is 12.4. The lowest BCUT2D eigenvalue weighted by Crippen LogP contribution is -2.10. The van der Waals surface area contributed by atoms with Gasteiger partial charge in [0.05, 0.1) is 17.5 Å². The van der Waals surface area contributed by atoms with Gasteiger partial charge < -0.3 is 4.74 Å². The first-order valence-corrected chi connectivity index (χ1v) is 5.78. The van der Waals surface area contributed by atoms with E-state index in [9.17, 15) is 4.79 Å². The Balaban J connectivity index is 2.56. The average molecular weight is 253 g/mol. The summed E-state index contributed by atoms with van der Waals surface area (Å²) in [6, 6.07) is 5.40. The summed E-state index contributed by atoms with van der Waals surface area (Å²) < 4.78 is 7.11. The number of fused-ring (bicyclic) bond motifs is 1. The van der Waals surface area contributed by atoms with Crippen LogP contribution >= 0.6 is 11.6 Å². The van der Waals surface area contributed by atoms with E-state index in [1.54, 1.807) is 16.8 Å². The topological polar surface area (TPSA) is 44.1 Å². The summed E-state index contributed by atoms with van der Waals surface area (Å²) in [7, 11) is 0. The molecule has 0 spiro atoms. The summed E-state index contributed by atoms with van der Waals surface area (Å²) in [6.07, 6.45) is 0. The first-order chi connectivity index (χ1) is 8.11. The average Bonchev–Trinajstić information content (AvgIpc) is 2.55. The second-order valence-electron chi connectivity index (χ2n) is 3.76.